The van der Waals surface area contributed by atoms with Gasteiger partial charge in [-0.2, -0.15) is 4.98 Å². The molecule has 4 rings (SSSR count). The molecule has 0 aliphatic carbocycles. The van der Waals surface area contributed by atoms with E-state index in [0.29, 0.717) is 28.3 Å². The number of nitrogens with zero attached hydrogens (tertiary/aromatic N) is 2. The number of halogens is 1. The maximum atomic E-state index is 13.0. The molecule has 3 aromatic carbocycles. The highest BCUT2D eigenvalue weighted by Crippen LogP contribution is 2.26. The first-order chi connectivity index (χ1) is 15.3. The molecule has 0 atom stereocenters. The van der Waals surface area contributed by atoms with E-state index in [1.54, 1.807) is 48.5 Å². The van der Waals surface area contributed by atoms with Crippen molar-refractivity contribution in [2.45, 2.75) is 11.8 Å². The van der Waals surface area contributed by atoms with Crippen LogP contribution in [0.15, 0.2) is 82.2 Å². The second kappa shape index (κ2) is 8.60. The lowest BCUT2D eigenvalue weighted by atomic mass is 10.2. The van der Waals surface area contributed by atoms with E-state index >= 15 is 0 Å². The van der Waals surface area contributed by atoms with Crippen LogP contribution in [-0.2, 0) is 14.8 Å². The zero-order valence-electron chi connectivity index (χ0n) is 16.7. The molecule has 0 saturated carbocycles. The molecule has 0 radical (unpaired) electrons. The van der Waals surface area contributed by atoms with Crippen molar-refractivity contribution in [2.24, 2.45) is 0 Å². The third-order valence-corrected chi connectivity index (χ3v) is 5.77. The van der Waals surface area contributed by atoms with Gasteiger partial charge in [0.05, 0.1) is 4.90 Å². The minimum atomic E-state index is -3.85. The van der Waals surface area contributed by atoms with Crippen LogP contribution in [0.25, 0.3) is 22.8 Å². The summed E-state index contributed by atoms with van der Waals surface area (Å²) in [6.45, 7) is 1.42. The third-order valence-electron chi connectivity index (χ3n) is 4.38. The van der Waals surface area contributed by atoms with Crippen molar-refractivity contribution in [3.8, 4) is 22.8 Å². The van der Waals surface area contributed by atoms with Crippen molar-refractivity contribution < 1.29 is 22.1 Å². The zero-order valence-corrected chi connectivity index (χ0v) is 17.6. The largest absolute Gasteiger partial charge is 0.334 e. The molecule has 1 heterocycles. The molecule has 0 aliphatic rings. The molecule has 1 aromatic heterocycles. The van der Waals surface area contributed by atoms with Crippen LogP contribution in [0.1, 0.15) is 6.92 Å². The Kier molecular flexibility index (Phi) is 5.69. The summed E-state index contributed by atoms with van der Waals surface area (Å²) in [4.78, 5) is 15.6. The van der Waals surface area contributed by atoms with Gasteiger partial charge in [-0.15, -0.1) is 0 Å². The summed E-state index contributed by atoms with van der Waals surface area (Å²) >= 11 is 0. The van der Waals surface area contributed by atoms with E-state index in [4.69, 9.17) is 4.52 Å². The van der Waals surface area contributed by atoms with E-state index in [1.165, 1.54) is 19.1 Å². The van der Waals surface area contributed by atoms with E-state index in [1.807, 2.05) is 0 Å². The highest BCUT2D eigenvalue weighted by molar-refractivity contribution is 7.92. The molecule has 0 saturated heterocycles. The van der Waals surface area contributed by atoms with E-state index < -0.39 is 15.8 Å². The number of rotatable bonds is 6. The van der Waals surface area contributed by atoms with Crippen LogP contribution in [0.2, 0.25) is 0 Å². The quantitative estimate of drug-likeness (QED) is 0.451. The zero-order chi connectivity index (χ0) is 22.7. The van der Waals surface area contributed by atoms with Crippen molar-refractivity contribution in [1.29, 1.82) is 0 Å². The molecule has 0 fully saturated rings. The second-order valence-corrected chi connectivity index (χ2v) is 8.50. The van der Waals surface area contributed by atoms with Crippen molar-refractivity contribution in [2.75, 3.05) is 10.0 Å². The summed E-state index contributed by atoms with van der Waals surface area (Å²) in [5.41, 5.74) is 2.18. The SMILES string of the molecule is CC(=O)Nc1cccc(-c2nc(-c3ccc(NS(=O)(=O)c4ccc(F)cc4)cc3)no2)c1. The molecule has 0 aliphatic heterocycles. The highest BCUT2D eigenvalue weighted by Gasteiger charge is 2.15. The van der Waals surface area contributed by atoms with E-state index in [9.17, 15) is 17.6 Å². The summed E-state index contributed by atoms with van der Waals surface area (Å²) < 4.78 is 45.6. The van der Waals surface area contributed by atoms with Gasteiger partial charge in [-0.25, -0.2) is 12.8 Å². The van der Waals surface area contributed by atoms with Crippen LogP contribution < -0.4 is 10.0 Å². The molecule has 0 bridgehead atoms. The Morgan fingerprint density at radius 3 is 2.34 bits per heavy atom. The van der Waals surface area contributed by atoms with Gasteiger partial charge in [-0.05, 0) is 66.7 Å². The number of carbonyl (C=O) groups is 1. The normalized spacial score (nSPS) is 11.2. The molecule has 10 heteroatoms. The summed E-state index contributed by atoms with van der Waals surface area (Å²) in [5.74, 6) is -0.121. The van der Waals surface area contributed by atoms with Crippen molar-refractivity contribution in [3.05, 3.63) is 78.6 Å². The Balaban J connectivity index is 1.51. The van der Waals surface area contributed by atoms with Crippen LogP contribution in [0.4, 0.5) is 15.8 Å². The van der Waals surface area contributed by atoms with Gasteiger partial charge in [0.2, 0.25) is 11.7 Å². The third kappa shape index (κ3) is 4.81. The number of aromatic nitrogens is 2. The molecule has 8 nitrogen and oxygen atoms in total. The molecule has 0 unspecified atom stereocenters. The molecule has 32 heavy (non-hydrogen) atoms. The molecular formula is C22H17FN4O4S. The number of hydrogen-bond donors (Lipinski definition) is 2. The number of nitrogens with one attached hydrogen (secondary N) is 2. The summed E-state index contributed by atoms with van der Waals surface area (Å²) in [6, 6.07) is 17.9. The van der Waals surface area contributed by atoms with Crippen molar-refractivity contribution in [3.63, 3.8) is 0 Å². The van der Waals surface area contributed by atoms with Gasteiger partial charge < -0.3 is 9.84 Å². The van der Waals surface area contributed by atoms with Crippen LogP contribution in [0.3, 0.4) is 0 Å². The Hall–Kier alpha value is -4.05. The number of sulfonamides is 1. The number of carbonyl (C=O) groups excluding carboxylic acids is 1. The van der Waals surface area contributed by atoms with Crippen LogP contribution >= 0.6 is 0 Å². The maximum Gasteiger partial charge on any atom is 0.261 e. The first-order valence-electron chi connectivity index (χ1n) is 9.41. The fraction of sp³-hybridized carbons (Fsp3) is 0.0455. The van der Waals surface area contributed by atoms with E-state index in [0.717, 1.165) is 12.1 Å². The van der Waals surface area contributed by atoms with Gasteiger partial charge in [-0.3, -0.25) is 9.52 Å². The number of amides is 1. The van der Waals surface area contributed by atoms with Gasteiger partial charge in [0, 0.05) is 29.4 Å². The molecular weight excluding hydrogens is 435 g/mol. The Bertz CT molecular complexity index is 1370. The lowest BCUT2D eigenvalue weighted by molar-refractivity contribution is -0.114. The highest BCUT2D eigenvalue weighted by atomic mass is 32.2. The Morgan fingerprint density at radius 2 is 1.66 bits per heavy atom. The second-order valence-electron chi connectivity index (χ2n) is 6.82. The van der Waals surface area contributed by atoms with Gasteiger partial charge in [0.15, 0.2) is 0 Å². The fourth-order valence-electron chi connectivity index (χ4n) is 2.91. The average Bonchev–Trinajstić information content (AvgIpc) is 3.24. The van der Waals surface area contributed by atoms with Crippen LogP contribution in [0, 0.1) is 5.82 Å². The molecule has 1 amide bonds. The lowest BCUT2D eigenvalue weighted by Crippen LogP contribution is -2.12. The monoisotopic (exact) mass is 452 g/mol. The molecule has 2 N–H and O–H groups in total. The first kappa shape index (κ1) is 21.2. The van der Waals surface area contributed by atoms with E-state index in [-0.39, 0.29) is 16.7 Å². The predicted octanol–water partition coefficient (Wildman–Crippen LogP) is 4.30. The van der Waals surface area contributed by atoms with E-state index in [2.05, 4.69) is 20.2 Å². The van der Waals surface area contributed by atoms with Crippen molar-refractivity contribution >= 4 is 27.3 Å². The molecule has 162 valence electrons. The van der Waals surface area contributed by atoms with Crippen LogP contribution in [-0.4, -0.2) is 24.5 Å². The standard InChI is InChI=1S/C22H17FN4O4S/c1-14(28)24-19-4-2-3-16(13-19)22-25-21(26-31-22)15-5-9-18(10-6-15)27-32(29,30)20-11-7-17(23)8-12-20/h2-13,27H,1H3,(H,24,28). The maximum absolute atomic E-state index is 13.0. The van der Waals surface area contributed by atoms with Crippen LogP contribution in [0.5, 0.6) is 0 Å². The predicted molar refractivity (Wildman–Crippen MR) is 117 cm³/mol. The Morgan fingerprint density at radius 1 is 0.938 bits per heavy atom. The molecule has 4 aromatic rings. The van der Waals surface area contributed by atoms with Gasteiger partial charge in [0.25, 0.3) is 15.9 Å². The topological polar surface area (TPSA) is 114 Å². The minimum Gasteiger partial charge on any atom is -0.334 e. The fourth-order valence-corrected chi connectivity index (χ4v) is 3.97. The summed E-state index contributed by atoms with van der Waals surface area (Å²) in [6.07, 6.45) is 0. The summed E-state index contributed by atoms with van der Waals surface area (Å²) in [7, 11) is -3.85. The average molecular weight is 452 g/mol. The van der Waals surface area contributed by atoms with Crippen molar-refractivity contribution in [1.82, 2.24) is 10.1 Å². The lowest BCUT2D eigenvalue weighted by Gasteiger charge is -2.08. The minimum absolute atomic E-state index is 0.0488. The number of benzene rings is 3. The van der Waals surface area contributed by atoms with Gasteiger partial charge in [0.1, 0.15) is 5.82 Å². The number of anilines is 2. The summed E-state index contributed by atoms with van der Waals surface area (Å²) in [5, 5.41) is 6.66. The smallest absolute Gasteiger partial charge is 0.261 e. The Labute approximate surface area is 183 Å². The first-order valence-corrected chi connectivity index (χ1v) is 10.9. The van der Waals surface area contributed by atoms with Gasteiger partial charge in [-0.1, -0.05) is 11.2 Å². The van der Waals surface area contributed by atoms with Gasteiger partial charge >= 0.3 is 0 Å². The molecule has 0 spiro atoms. The number of hydrogen-bond acceptors (Lipinski definition) is 6.